The maximum atomic E-state index is 12.3. The third-order valence-electron chi connectivity index (χ3n) is 2.36. The Kier molecular flexibility index (Phi) is 5.78. The van der Waals surface area contributed by atoms with E-state index in [4.69, 9.17) is 9.84 Å². The zero-order valence-corrected chi connectivity index (χ0v) is 10.6. The fourth-order valence-corrected chi connectivity index (χ4v) is 1.57. The van der Waals surface area contributed by atoms with Crippen molar-refractivity contribution in [1.29, 1.82) is 0 Å². The van der Waals surface area contributed by atoms with Crippen LogP contribution >= 0.6 is 0 Å². The van der Waals surface area contributed by atoms with E-state index in [1.807, 2.05) is 0 Å². The Morgan fingerprint density at radius 3 is 2.60 bits per heavy atom. The first-order chi connectivity index (χ1) is 9.35. The Morgan fingerprint density at radius 1 is 1.40 bits per heavy atom. The lowest BCUT2D eigenvalue weighted by Crippen LogP contribution is -2.32. The lowest BCUT2D eigenvalue weighted by atomic mass is 10.1. The number of carboxylic acids is 1. The maximum absolute atomic E-state index is 12.3. The maximum Gasteiger partial charge on any atom is 0.573 e. The number of ether oxygens (including phenoxy) is 2. The molecule has 0 aliphatic heterocycles. The van der Waals surface area contributed by atoms with Crippen LogP contribution in [0.15, 0.2) is 24.3 Å². The Balaban J connectivity index is 2.98. The molecule has 0 aliphatic rings. The SMILES string of the molecule is COCCNC(C(=O)O)c1ccccc1OC(F)(F)F. The molecule has 0 saturated heterocycles. The minimum atomic E-state index is -4.88. The topological polar surface area (TPSA) is 67.8 Å². The van der Waals surface area contributed by atoms with Gasteiger partial charge in [-0.2, -0.15) is 0 Å². The monoisotopic (exact) mass is 293 g/mol. The predicted molar refractivity (Wildman–Crippen MR) is 63.4 cm³/mol. The molecule has 1 aromatic carbocycles. The molecule has 5 nitrogen and oxygen atoms in total. The number of hydrogen-bond acceptors (Lipinski definition) is 4. The minimum Gasteiger partial charge on any atom is -0.480 e. The highest BCUT2D eigenvalue weighted by Gasteiger charge is 2.33. The molecule has 0 spiro atoms. The van der Waals surface area contributed by atoms with Gasteiger partial charge in [-0.3, -0.25) is 10.1 Å². The van der Waals surface area contributed by atoms with Crippen molar-refractivity contribution < 1.29 is 32.5 Å². The number of carboxylic acid groups (broad SMARTS) is 1. The number of alkyl halides is 3. The third-order valence-corrected chi connectivity index (χ3v) is 2.36. The van der Waals surface area contributed by atoms with Crippen molar-refractivity contribution in [3.63, 3.8) is 0 Å². The highest BCUT2D eigenvalue weighted by atomic mass is 19.4. The molecule has 1 atom stereocenters. The number of carbonyl (C=O) groups is 1. The number of hydrogen-bond donors (Lipinski definition) is 2. The Morgan fingerprint density at radius 2 is 2.05 bits per heavy atom. The van der Waals surface area contributed by atoms with Crippen LogP contribution in [-0.4, -0.2) is 37.7 Å². The van der Waals surface area contributed by atoms with E-state index in [2.05, 4.69) is 10.1 Å². The smallest absolute Gasteiger partial charge is 0.480 e. The normalized spacial score (nSPS) is 13.0. The van der Waals surface area contributed by atoms with Crippen molar-refractivity contribution in [2.24, 2.45) is 0 Å². The standard InChI is InChI=1S/C12H14F3NO4/c1-19-7-6-16-10(11(17)18)8-4-2-3-5-9(8)20-12(13,14)15/h2-5,10,16H,6-7H2,1H3,(H,17,18). The van der Waals surface area contributed by atoms with Gasteiger partial charge in [0.2, 0.25) is 0 Å². The molecule has 0 bridgehead atoms. The number of nitrogens with one attached hydrogen (secondary N) is 1. The van der Waals surface area contributed by atoms with Crippen LogP contribution in [0.3, 0.4) is 0 Å². The summed E-state index contributed by atoms with van der Waals surface area (Å²) < 4.78 is 45.4. The first-order valence-corrected chi connectivity index (χ1v) is 5.65. The molecule has 0 saturated carbocycles. The summed E-state index contributed by atoms with van der Waals surface area (Å²) in [5.74, 6) is -1.85. The third kappa shape index (κ3) is 5.06. The second-order valence-electron chi connectivity index (χ2n) is 3.80. The highest BCUT2D eigenvalue weighted by molar-refractivity contribution is 5.76. The minimum absolute atomic E-state index is 0.103. The molecule has 0 heterocycles. The number of aliphatic carboxylic acids is 1. The van der Waals surface area contributed by atoms with Crippen LogP contribution in [-0.2, 0) is 9.53 Å². The van der Waals surface area contributed by atoms with E-state index < -0.39 is 24.1 Å². The van der Waals surface area contributed by atoms with E-state index >= 15 is 0 Å². The van der Waals surface area contributed by atoms with Crippen LogP contribution in [0, 0.1) is 0 Å². The van der Waals surface area contributed by atoms with Gasteiger partial charge in [0.1, 0.15) is 11.8 Å². The van der Waals surface area contributed by atoms with Crippen molar-refractivity contribution in [1.82, 2.24) is 5.32 Å². The molecule has 1 aromatic rings. The lowest BCUT2D eigenvalue weighted by molar-refractivity contribution is -0.275. The number of benzene rings is 1. The van der Waals surface area contributed by atoms with Gasteiger partial charge in [0.15, 0.2) is 0 Å². The number of methoxy groups -OCH3 is 1. The summed E-state index contributed by atoms with van der Waals surface area (Å²) in [6.07, 6.45) is -4.88. The molecule has 1 unspecified atom stereocenters. The molecular weight excluding hydrogens is 279 g/mol. The summed E-state index contributed by atoms with van der Waals surface area (Å²) in [5.41, 5.74) is -0.103. The fourth-order valence-electron chi connectivity index (χ4n) is 1.57. The van der Waals surface area contributed by atoms with Gasteiger partial charge in [0.25, 0.3) is 0 Å². The number of halogens is 3. The Bertz CT molecular complexity index is 451. The predicted octanol–water partition coefficient (Wildman–Crippen LogP) is 1.95. The van der Waals surface area contributed by atoms with Crippen molar-refractivity contribution >= 4 is 5.97 Å². The van der Waals surface area contributed by atoms with Crippen LogP contribution < -0.4 is 10.1 Å². The highest BCUT2D eigenvalue weighted by Crippen LogP contribution is 2.30. The number of rotatable bonds is 7. The van der Waals surface area contributed by atoms with Crippen LogP contribution in [0.4, 0.5) is 13.2 Å². The van der Waals surface area contributed by atoms with Gasteiger partial charge < -0.3 is 14.6 Å². The summed E-state index contributed by atoms with van der Waals surface area (Å²) in [4.78, 5) is 11.2. The summed E-state index contributed by atoms with van der Waals surface area (Å²) in [6, 6.07) is 3.78. The van der Waals surface area contributed by atoms with Crippen LogP contribution in [0.1, 0.15) is 11.6 Å². The molecule has 8 heteroatoms. The molecule has 112 valence electrons. The van der Waals surface area contributed by atoms with Gasteiger partial charge >= 0.3 is 12.3 Å². The second-order valence-corrected chi connectivity index (χ2v) is 3.80. The van der Waals surface area contributed by atoms with Gasteiger partial charge in [0, 0.05) is 19.2 Å². The van der Waals surface area contributed by atoms with E-state index in [0.29, 0.717) is 0 Å². The van der Waals surface area contributed by atoms with E-state index in [-0.39, 0.29) is 18.7 Å². The van der Waals surface area contributed by atoms with Gasteiger partial charge in [-0.05, 0) is 6.07 Å². The van der Waals surface area contributed by atoms with E-state index in [1.165, 1.54) is 25.3 Å². The van der Waals surface area contributed by atoms with Crippen LogP contribution in [0.5, 0.6) is 5.75 Å². The van der Waals surface area contributed by atoms with E-state index in [1.54, 1.807) is 0 Å². The fraction of sp³-hybridized carbons (Fsp3) is 0.417. The van der Waals surface area contributed by atoms with Crippen molar-refractivity contribution in [3.8, 4) is 5.75 Å². The van der Waals surface area contributed by atoms with Crippen molar-refractivity contribution in [3.05, 3.63) is 29.8 Å². The lowest BCUT2D eigenvalue weighted by Gasteiger charge is -2.19. The van der Waals surface area contributed by atoms with Crippen LogP contribution in [0.2, 0.25) is 0 Å². The van der Waals surface area contributed by atoms with Crippen LogP contribution in [0.25, 0.3) is 0 Å². The molecule has 2 N–H and O–H groups in total. The van der Waals surface area contributed by atoms with E-state index in [9.17, 15) is 18.0 Å². The quantitative estimate of drug-likeness (QED) is 0.752. The zero-order chi connectivity index (χ0) is 15.2. The van der Waals surface area contributed by atoms with Crippen molar-refractivity contribution in [2.75, 3.05) is 20.3 Å². The summed E-state index contributed by atoms with van der Waals surface area (Å²) in [7, 11) is 1.43. The summed E-state index contributed by atoms with van der Waals surface area (Å²) in [5, 5.41) is 11.7. The molecular formula is C12H14F3NO4. The first kappa shape index (κ1) is 16.3. The van der Waals surface area contributed by atoms with Gasteiger partial charge in [-0.1, -0.05) is 18.2 Å². The molecule has 20 heavy (non-hydrogen) atoms. The molecule has 0 aromatic heterocycles. The molecule has 0 fully saturated rings. The van der Waals surface area contributed by atoms with Gasteiger partial charge in [-0.25, -0.2) is 0 Å². The molecule has 0 amide bonds. The average molecular weight is 293 g/mol. The molecule has 0 aliphatic carbocycles. The van der Waals surface area contributed by atoms with Crippen molar-refractivity contribution in [2.45, 2.75) is 12.4 Å². The molecule has 1 rings (SSSR count). The average Bonchev–Trinajstić information content (AvgIpc) is 2.34. The van der Waals surface area contributed by atoms with E-state index in [0.717, 1.165) is 6.07 Å². The van der Waals surface area contributed by atoms with Gasteiger partial charge in [-0.15, -0.1) is 13.2 Å². The summed E-state index contributed by atoms with van der Waals surface area (Å²) >= 11 is 0. The summed E-state index contributed by atoms with van der Waals surface area (Å²) in [6.45, 7) is 0.403. The first-order valence-electron chi connectivity index (χ1n) is 5.65. The Hall–Kier alpha value is -1.80. The second kappa shape index (κ2) is 7.11. The Labute approximate surface area is 113 Å². The van der Waals surface area contributed by atoms with Gasteiger partial charge in [0.05, 0.1) is 6.61 Å². The zero-order valence-electron chi connectivity index (χ0n) is 10.6. The largest absolute Gasteiger partial charge is 0.573 e. The molecule has 0 radical (unpaired) electrons. The number of para-hydroxylation sites is 1.